The summed E-state index contributed by atoms with van der Waals surface area (Å²) in [5.41, 5.74) is 2.67. The maximum absolute atomic E-state index is 4.44. The Morgan fingerprint density at radius 1 is 1.14 bits per heavy atom. The van der Waals surface area contributed by atoms with E-state index < -0.39 is 0 Å². The standard InChI is InChI=1S/C23H35N5S/c1-4-27(5-2)18-20-9-6-8-19(16-20)17-25-23(24-3)26-21-11-13-28(14-12-21)22-10-7-15-29-22/h6-10,15-16,21H,4-5,11-14,17-18H2,1-3H3,(H2,24,25,26). The van der Waals surface area contributed by atoms with Gasteiger partial charge in [-0.25, -0.2) is 0 Å². The highest BCUT2D eigenvalue weighted by Crippen LogP contribution is 2.24. The molecule has 2 N–H and O–H groups in total. The maximum atomic E-state index is 4.44. The SMILES string of the molecule is CCN(CC)Cc1cccc(CNC(=NC)NC2CCN(c3cccs3)CC2)c1. The Morgan fingerprint density at radius 3 is 2.55 bits per heavy atom. The summed E-state index contributed by atoms with van der Waals surface area (Å²) in [5.74, 6) is 0.897. The van der Waals surface area contributed by atoms with Gasteiger partial charge in [0.1, 0.15) is 0 Å². The minimum absolute atomic E-state index is 0.478. The van der Waals surface area contributed by atoms with Gasteiger partial charge in [0.05, 0.1) is 5.00 Å². The van der Waals surface area contributed by atoms with Gasteiger partial charge < -0.3 is 15.5 Å². The van der Waals surface area contributed by atoms with Gasteiger partial charge in [-0.1, -0.05) is 38.1 Å². The molecule has 0 unspecified atom stereocenters. The second-order valence-corrected chi connectivity index (χ2v) is 8.49. The van der Waals surface area contributed by atoms with E-state index in [9.17, 15) is 0 Å². The molecule has 0 saturated carbocycles. The van der Waals surface area contributed by atoms with E-state index in [1.54, 1.807) is 0 Å². The molecular weight excluding hydrogens is 378 g/mol. The molecule has 0 radical (unpaired) electrons. The fourth-order valence-corrected chi connectivity index (χ4v) is 4.60. The number of benzene rings is 1. The molecule has 5 nitrogen and oxygen atoms in total. The quantitative estimate of drug-likeness (QED) is 0.508. The second kappa shape index (κ2) is 11.2. The minimum atomic E-state index is 0.478. The van der Waals surface area contributed by atoms with Crippen molar-refractivity contribution in [2.45, 2.75) is 45.8 Å². The van der Waals surface area contributed by atoms with Gasteiger partial charge in [0.15, 0.2) is 5.96 Å². The third-order valence-electron chi connectivity index (χ3n) is 5.63. The van der Waals surface area contributed by atoms with E-state index in [0.717, 1.165) is 58.1 Å². The molecule has 0 aliphatic carbocycles. The predicted octanol–water partition coefficient (Wildman–Crippen LogP) is 3.92. The average molecular weight is 414 g/mol. The van der Waals surface area contributed by atoms with Gasteiger partial charge in [-0.3, -0.25) is 9.89 Å². The van der Waals surface area contributed by atoms with Crippen molar-refractivity contribution in [3.63, 3.8) is 0 Å². The van der Waals surface area contributed by atoms with Crippen molar-refractivity contribution in [1.82, 2.24) is 15.5 Å². The van der Waals surface area contributed by atoms with Crippen LogP contribution in [0, 0.1) is 0 Å². The summed E-state index contributed by atoms with van der Waals surface area (Å²) in [6, 6.07) is 13.7. The van der Waals surface area contributed by atoms with E-state index in [1.807, 2.05) is 18.4 Å². The number of piperidine rings is 1. The van der Waals surface area contributed by atoms with Gasteiger partial charge in [-0.05, 0) is 54.6 Å². The highest BCUT2D eigenvalue weighted by atomic mass is 32.1. The summed E-state index contributed by atoms with van der Waals surface area (Å²) >= 11 is 1.83. The van der Waals surface area contributed by atoms with Crippen LogP contribution in [0.3, 0.4) is 0 Å². The van der Waals surface area contributed by atoms with E-state index in [1.165, 1.54) is 16.1 Å². The Bertz CT molecular complexity index is 746. The molecule has 6 heteroatoms. The van der Waals surface area contributed by atoms with Crippen LogP contribution in [0.1, 0.15) is 37.8 Å². The number of guanidine groups is 1. The molecule has 1 aromatic heterocycles. The number of rotatable bonds is 8. The number of hydrogen-bond acceptors (Lipinski definition) is 4. The van der Waals surface area contributed by atoms with E-state index in [4.69, 9.17) is 0 Å². The average Bonchev–Trinajstić information content (AvgIpc) is 3.30. The molecular formula is C23H35N5S. The topological polar surface area (TPSA) is 42.9 Å². The van der Waals surface area contributed by atoms with Crippen molar-refractivity contribution < 1.29 is 0 Å². The van der Waals surface area contributed by atoms with Crippen molar-refractivity contribution in [2.24, 2.45) is 4.99 Å². The molecule has 1 aliphatic heterocycles. The first-order valence-corrected chi connectivity index (χ1v) is 11.7. The Morgan fingerprint density at radius 2 is 1.90 bits per heavy atom. The fourth-order valence-electron chi connectivity index (χ4n) is 3.81. The zero-order valence-corrected chi connectivity index (χ0v) is 18.8. The smallest absolute Gasteiger partial charge is 0.191 e. The van der Waals surface area contributed by atoms with E-state index in [-0.39, 0.29) is 0 Å². The number of thiophene rings is 1. The van der Waals surface area contributed by atoms with Crippen molar-refractivity contribution in [1.29, 1.82) is 0 Å². The van der Waals surface area contributed by atoms with Gasteiger partial charge >= 0.3 is 0 Å². The Balaban J connectivity index is 1.46. The van der Waals surface area contributed by atoms with Gasteiger partial charge in [0.25, 0.3) is 0 Å². The molecule has 158 valence electrons. The summed E-state index contributed by atoms with van der Waals surface area (Å²) < 4.78 is 0. The van der Waals surface area contributed by atoms with Crippen molar-refractivity contribution in [2.75, 3.05) is 38.1 Å². The number of nitrogens with one attached hydrogen (secondary N) is 2. The highest BCUT2D eigenvalue weighted by Gasteiger charge is 2.20. The third-order valence-corrected chi connectivity index (χ3v) is 6.56. The van der Waals surface area contributed by atoms with Crippen molar-refractivity contribution in [3.05, 3.63) is 52.9 Å². The lowest BCUT2D eigenvalue weighted by Gasteiger charge is -2.33. The lowest BCUT2D eigenvalue weighted by Crippen LogP contribution is -2.48. The molecule has 29 heavy (non-hydrogen) atoms. The molecule has 0 amide bonds. The lowest BCUT2D eigenvalue weighted by molar-refractivity contribution is 0.296. The molecule has 3 rings (SSSR count). The summed E-state index contributed by atoms with van der Waals surface area (Å²) in [4.78, 5) is 9.36. The number of nitrogens with zero attached hydrogens (tertiary/aromatic N) is 3. The van der Waals surface area contributed by atoms with Crippen LogP contribution < -0.4 is 15.5 Å². The van der Waals surface area contributed by atoms with Gasteiger partial charge in [0, 0.05) is 39.3 Å². The Kier molecular flexibility index (Phi) is 8.38. The lowest BCUT2D eigenvalue weighted by atomic mass is 10.1. The first-order chi connectivity index (χ1) is 14.2. The Hall–Kier alpha value is -2.05. The largest absolute Gasteiger partial charge is 0.363 e. The summed E-state index contributed by atoms with van der Waals surface area (Å²) in [5, 5.41) is 10.6. The van der Waals surface area contributed by atoms with Crippen molar-refractivity contribution in [3.8, 4) is 0 Å². The molecule has 0 bridgehead atoms. The van der Waals surface area contributed by atoms with Crippen LogP contribution in [0.2, 0.25) is 0 Å². The summed E-state index contributed by atoms with van der Waals surface area (Å²) in [6.07, 6.45) is 2.27. The van der Waals surface area contributed by atoms with E-state index in [0.29, 0.717) is 6.04 Å². The van der Waals surface area contributed by atoms with Gasteiger partial charge in [-0.15, -0.1) is 11.3 Å². The number of anilines is 1. The monoisotopic (exact) mass is 413 g/mol. The molecule has 1 aliphatic rings. The van der Waals surface area contributed by atoms with Crippen LogP contribution in [0.5, 0.6) is 0 Å². The summed E-state index contributed by atoms with van der Waals surface area (Å²) in [6.45, 7) is 10.6. The molecule has 2 heterocycles. The molecule has 1 aromatic carbocycles. The first-order valence-electron chi connectivity index (χ1n) is 10.8. The van der Waals surface area contributed by atoms with Crippen LogP contribution in [-0.2, 0) is 13.1 Å². The van der Waals surface area contributed by atoms with E-state index in [2.05, 4.69) is 81.1 Å². The predicted molar refractivity (Wildman–Crippen MR) is 126 cm³/mol. The number of hydrogen-bond donors (Lipinski definition) is 2. The van der Waals surface area contributed by atoms with Crippen LogP contribution in [-0.4, -0.2) is 50.1 Å². The normalized spacial score (nSPS) is 15.7. The van der Waals surface area contributed by atoms with Crippen LogP contribution in [0.4, 0.5) is 5.00 Å². The summed E-state index contributed by atoms with van der Waals surface area (Å²) in [7, 11) is 1.85. The van der Waals surface area contributed by atoms with Crippen LogP contribution in [0.15, 0.2) is 46.8 Å². The van der Waals surface area contributed by atoms with Crippen LogP contribution >= 0.6 is 11.3 Å². The zero-order valence-electron chi connectivity index (χ0n) is 18.0. The Labute approximate surface area is 179 Å². The van der Waals surface area contributed by atoms with Crippen LogP contribution in [0.25, 0.3) is 0 Å². The minimum Gasteiger partial charge on any atom is -0.363 e. The first kappa shape index (κ1) is 21.7. The highest BCUT2D eigenvalue weighted by molar-refractivity contribution is 7.14. The zero-order chi connectivity index (χ0) is 20.5. The van der Waals surface area contributed by atoms with Gasteiger partial charge in [-0.2, -0.15) is 0 Å². The van der Waals surface area contributed by atoms with E-state index >= 15 is 0 Å². The maximum Gasteiger partial charge on any atom is 0.191 e. The molecule has 0 atom stereocenters. The van der Waals surface area contributed by atoms with Gasteiger partial charge in [0.2, 0.25) is 0 Å². The molecule has 1 saturated heterocycles. The molecule has 0 spiro atoms. The molecule has 1 fully saturated rings. The number of aliphatic imine (C=N–C) groups is 1. The fraction of sp³-hybridized carbons (Fsp3) is 0.522. The van der Waals surface area contributed by atoms with Crippen molar-refractivity contribution >= 4 is 22.3 Å². The third kappa shape index (κ3) is 6.47. The molecule has 2 aromatic rings. The second-order valence-electron chi connectivity index (χ2n) is 7.56.